The van der Waals surface area contributed by atoms with Crippen molar-refractivity contribution in [3.63, 3.8) is 0 Å². The number of fused-ring (bicyclic) bond motifs is 1. The Bertz CT molecular complexity index is 981. The Balaban J connectivity index is 2.01. The van der Waals surface area contributed by atoms with E-state index >= 15 is 0 Å². The quantitative estimate of drug-likeness (QED) is 0.566. The highest BCUT2D eigenvalue weighted by molar-refractivity contribution is 5.68. The van der Waals surface area contributed by atoms with Gasteiger partial charge in [-0.3, -0.25) is 0 Å². The van der Waals surface area contributed by atoms with Crippen molar-refractivity contribution >= 4 is 5.65 Å². The molecule has 0 spiro atoms. The van der Waals surface area contributed by atoms with Crippen molar-refractivity contribution in [3.8, 4) is 28.8 Å². The molecule has 104 valence electrons. The Kier molecular flexibility index (Phi) is 2.70. The molecule has 0 fully saturated rings. The van der Waals surface area contributed by atoms with E-state index in [0.29, 0.717) is 17.1 Å². The van der Waals surface area contributed by atoms with Crippen molar-refractivity contribution in [1.29, 1.82) is 5.26 Å². The summed E-state index contributed by atoms with van der Waals surface area (Å²) in [5.41, 5.74) is 2.96. The molecule has 0 aliphatic carbocycles. The molecular weight excluding hydrogens is 278 g/mol. The molecule has 1 aromatic carbocycles. The van der Waals surface area contributed by atoms with Gasteiger partial charge >= 0.3 is 0 Å². The number of rotatable bonds is 2. The Hall–Kier alpha value is -3.46. The van der Waals surface area contributed by atoms with Crippen molar-refractivity contribution in [2.24, 2.45) is 0 Å². The predicted molar refractivity (Wildman–Crippen MR) is 78.6 cm³/mol. The second-order valence-electron chi connectivity index (χ2n) is 4.65. The van der Waals surface area contributed by atoms with E-state index in [4.69, 9.17) is 4.42 Å². The summed E-state index contributed by atoms with van der Waals surface area (Å²) in [4.78, 5) is 0. The molecule has 4 aromatic rings. The van der Waals surface area contributed by atoms with Crippen LogP contribution in [0, 0.1) is 11.3 Å². The Morgan fingerprint density at radius 3 is 2.64 bits per heavy atom. The van der Waals surface area contributed by atoms with Gasteiger partial charge in [-0.2, -0.15) is 10.4 Å². The fraction of sp³-hybridized carbons (Fsp3) is 0. The lowest BCUT2D eigenvalue weighted by Crippen LogP contribution is -2.02. The van der Waals surface area contributed by atoms with Crippen LogP contribution in [0.5, 0.6) is 0 Å². The summed E-state index contributed by atoms with van der Waals surface area (Å²) in [5, 5.41) is 21.8. The van der Waals surface area contributed by atoms with Crippen molar-refractivity contribution in [2.75, 3.05) is 0 Å². The molecule has 3 heterocycles. The summed E-state index contributed by atoms with van der Waals surface area (Å²) >= 11 is 0. The second kappa shape index (κ2) is 4.82. The average Bonchev–Trinajstić information content (AvgIpc) is 3.24. The first-order chi connectivity index (χ1) is 10.9. The van der Waals surface area contributed by atoms with E-state index in [0.717, 1.165) is 11.3 Å². The monoisotopic (exact) mass is 287 g/mol. The summed E-state index contributed by atoms with van der Waals surface area (Å²) in [6.45, 7) is 0. The summed E-state index contributed by atoms with van der Waals surface area (Å²) in [6, 6.07) is 17.1. The molecule has 22 heavy (non-hydrogen) atoms. The van der Waals surface area contributed by atoms with Crippen LogP contribution in [0.15, 0.2) is 59.2 Å². The number of benzene rings is 1. The number of aromatic nitrogens is 4. The van der Waals surface area contributed by atoms with Crippen LogP contribution in [0.2, 0.25) is 0 Å². The number of hydrogen-bond donors (Lipinski definition) is 0. The molecule has 0 aliphatic heterocycles. The van der Waals surface area contributed by atoms with Crippen LogP contribution in [0.1, 0.15) is 5.69 Å². The molecule has 6 heteroatoms. The second-order valence-corrected chi connectivity index (χ2v) is 4.65. The number of nitriles is 1. The topological polar surface area (TPSA) is 80.0 Å². The van der Waals surface area contributed by atoms with Gasteiger partial charge in [0.05, 0.1) is 12.0 Å². The van der Waals surface area contributed by atoms with Gasteiger partial charge in [0.1, 0.15) is 11.8 Å². The number of hydrogen-bond acceptors (Lipinski definition) is 5. The summed E-state index contributed by atoms with van der Waals surface area (Å²) in [7, 11) is 0. The molecule has 0 N–H and O–H groups in total. The van der Waals surface area contributed by atoms with E-state index in [1.165, 1.54) is 0 Å². The average molecular weight is 287 g/mol. The minimum atomic E-state index is 0.171. The zero-order valence-electron chi connectivity index (χ0n) is 11.3. The normalized spacial score (nSPS) is 10.7. The Labute approximate surface area is 125 Å². The van der Waals surface area contributed by atoms with Crippen LogP contribution in [-0.4, -0.2) is 19.8 Å². The fourth-order valence-corrected chi connectivity index (χ4v) is 2.32. The third-order valence-corrected chi connectivity index (χ3v) is 3.31. The Morgan fingerprint density at radius 2 is 1.91 bits per heavy atom. The molecule has 0 radical (unpaired) electrons. The molecule has 6 nitrogen and oxygen atoms in total. The minimum Gasteiger partial charge on any atom is -0.463 e. The van der Waals surface area contributed by atoms with Crippen LogP contribution < -0.4 is 0 Å². The molecule has 0 unspecified atom stereocenters. The minimum absolute atomic E-state index is 0.171. The van der Waals surface area contributed by atoms with Crippen molar-refractivity contribution in [3.05, 3.63) is 60.5 Å². The van der Waals surface area contributed by atoms with E-state index < -0.39 is 0 Å². The van der Waals surface area contributed by atoms with Gasteiger partial charge in [0.2, 0.25) is 0 Å². The zero-order valence-corrected chi connectivity index (χ0v) is 11.3. The molecule has 0 saturated heterocycles. The maximum absolute atomic E-state index is 9.27. The Morgan fingerprint density at radius 1 is 1.05 bits per heavy atom. The van der Waals surface area contributed by atoms with Crippen LogP contribution in [0.4, 0.5) is 0 Å². The van der Waals surface area contributed by atoms with Gasteiger partial charge in [0.25, 0.3) is 0 Å². The maximum atomic E-state index is 9.27. The van der Waals surface area contributed by atoms with E-state index in [2.05, 4.69) is 15.3 Å². The van der Waals surface area contributed by atoms with Gasteiger partial charge in [-0.15, -0.1) is 10.2 Å². The van der Waals surface area contributed by atoms with E-state index in [1.807, 2.05) is 42.5 Å². The molecule has 0 saturated carbocycles. The smallest absolute Gasteiger partial charge is 0.192 e. The third kappa shape index (κ3) is 1.84. The molecule has 0 aliphatic rings. The van der Waals surface area contributed by atoms with Crippen molar-refractivity contribution in [1.82, 2.24) is 19.8 Å². The molecular formula is C16H9N5O. The van der Waals surface area contributed by atoms with Gasteiger partial charge in [0.15, 0.2) is 17.1 Å². The molecule has 0 atom stereocenters. The number of nitrogens with zero attached hydrogens (tertiary/aromatic N) is 5. The van der Waals surface area contributed by atoms with Gasteiger partial charge in [-0.05, 0) is 12.1 Å². The molecule has 0 amide bonds. The van der Waals surface area contributed by atoms with E-state index in [9.17, 15) is 5.26 Å². The van der Waals surface area contributed by atoms with Crippen LogP contribution in [-0.2, 0) is 0 Å². The lowest BCUT2D eigenvalue weighted by molar-refractivity contribution is 0.576. The van der Waals surface area contributed by atoms with Gasteiger partial charge < -0.3 is 4.42 Å². The van der Waals surface area contributed by atoms with Crippen LogP contribution in [0.25, 0.3) is 28.4 Å². The standard InChI is InChI=1S/C16H9N5O/c17-10-13-16(14-7-4-8-22-14)21-15(19-18-13)9-12(20-21)11-5-2-1-3-6-11/h1-9H. The van der Waals surface area contributed by atoms with E-state index in [1.54, 1.807) is 22.9 Å². The summed E-state index contributed by atoms with van der Waals surface area (Å²) in [6.07, 6.45) is 1.55. The van der Waals surface area contributed by atoms with Crippen LogP contribution in [0.3, 0.4) is 0 Å². The molecule has 0 bridgehead atoms. The zero-order chi connectivity index (χ0) is 14.9. The lowest BCUT2D eigenvalue weighted by atomic mass is 10.2. The van der Waals surface area contributed by atoms with E-state index in [-0.39, 0.29) is 5.69 Å². The SMILES string of the molecule is N#Cc1nnc2cc(-c3ccccc3)nn2c1-c1ccco1. The first kappa shape index (κ1) is 12.3. The van der Waals surface area contributed by atoms with Gasteiger partial charge in [0, 0.05) is 11.6 Å². The summed E-state index contributed by atoms with van der Waals surface area (Å²) in [5.74, 6) is 0.527. The lowest BCUT2D eigenvalue weighted by Gasteiger charge is -2.01. The van der Waals surface area contributed by atoms with Gasteiger partial charge in [-0.1, -0.05) is 30.3 Å². The highest BCUT2D eigenvalue weighted by Crippen LogP contribution is 2.25. The van der Waals surface area contributed by atoms with Crippen molar-refractivity contribution < 1.29 is 4.42 Å². The molecule has 4 rings (SSSR count). The largest absolute Gasteiger partial charge is 0.463 e. The number of furan rings is 1. The highest BCUT2D eigenvalue weighted by Gasteiger charge is 2.17. The van der Waals surface area contributed by atoms with Crippen molar-refractivity contribution in [2.45, 2.75) is 0 Å². The van der Waals surface area contributed by atoms with Crippen LogP contribution >= 0.6 is 0 Å². The van der Waals surface area contributed by atoms with Gasteiger partial charge in [-0.25, -0.2) is 4.52 Å². The first-order valence-corrected chi connectivity index (χ1v) is 6.62. The fourth-order valence-electron chi connectivity index (χ4n) is 2.32. The maximum Gasteiger partial charge on any atom is 0.192 e. The summed E-state index contributed by atoms with van der Waals surface area (Å²) < 4.78 is 7.00. The first-order valence-electron chi connectivity index (χ1n) is 6.62. The third-order valence-electron chi connectivity index (χ3n) is 3.31. The predicted octanol–water partition coefficient (Wildman–Crippen LogP) is 2.92. The molecule has 3 aromatic heterocycles. The highest BCUT2D eigenvalue weighted by atomic mass is 16.3.